The zero-order valence-corrected chi connectivity index (χ0v) is 16.9. The third kappa shape index (κ3) is 6.03. The van der Waals surface area contributed by atoms with Crippen LogP contribution < -0.4 is 5.32 Å². The Hall–Kier alpha value is -0.683. The average Bonchev–Trinajstić information content (AvgIpc) is 2.55. The molecule has 0 spiro atoms. The van der Waals surface area contributed by atoms with Crippen molar-refractivity contribution in [2.75, 3.05) is 40.3 Å². The number of benzene rings is 1. The van der Waals surface area contributed by atoms with E-state index < -0.39 is 8.07 Å². The normalized spacial score (nSPS) is 21.8. The van der Waals surface area contributed by atoms with Crippen LogP contribution in [0.15, 0.2) is 30.3 Å². The standard InChI is InChI=1S/C19H35N3Si/c1-19(15-21(2)12-13-22(3)16-19)20-18(14-23(4,5)6)17-10-8-7-9-11-17/h7-11,18,20H,12-16H2,1-6H3. The topological polar surface area (TPSA) is 18.5 Å². The molecular formula is C19H35N3Si. The second kappa shape index (κ2) is 7.47. The van der Waals surface area contributed by atoms with Gasteiger partial charge in [0.15, 0.2) is 0 Å². The molecule has 0 aliphatic carbocycles. The van der Waals surface area contributed by atoms with Crippen molar-refractivity contribution in [3.63, 3.8) is 0 Å². The molecule has 1 heterocycles. The first-order valence-electron chi connectivity index (χ1n) is 8.87. The maximum absolute atomic E-state index is 4.06. The lowest BCUT2D eigenvalue weighted by atomic mass is 9.97. The number of rotatable bonds is 5. The van der Waals surface area contributed by atoms with Crippen molar-refractivity contribution < 1.29 is 0 Å². The number of nitrogens with zero attached hydrogens (tertiary/aromatic N) is 2. The van der Waals surface area contributed by atoms with E-state index in [1.807, 2.05) is 0 Å². The molecule has 3 nitrogen and oxygen atoms in total. The summed E-state index contributed by atoms with van der Waals surface area (Å²) in [5.74, 6) is 0. The fraction of sp³-hybridized carbons (Fsp3) is 0.684. The van der Waals surface area contributed by atoms with Crippen molar-refractivity contribution in [3.05, 3.63) is 35.9 Å². The predicted molar refractivity (Wildman–Crippen MR) is 104 cm³/mol. The molecule has 1 aromatic rings. The maximum atomic E-state index is 4.06. The Morgan fingerprint density at radius 1 is 1.04 bits per heavy atom. The largest absolute Gasteiger partial charge is 0.303 e. The average molecular weight is 334 g/mol. The van der Waals surface area contributed by atoms with Crippen LogP contribution in [-0.4, -0.2) is 63.7 Å². The molecule has 0 aromatic heterocycles. The molecule has 1 atom stereocenters. The summed E-state index contributed by atoms with van der Waals surface area (Å²) >= 11 is 0. The lowest BCUT2D eigenvalue weighted by Crippen LogP contribution is -2.56. The molecule has 0 saturated carbocycles. The minimum absolute atomic E-state index is 0.125. The van der Waals surface area contributed by atoms with Gasteiger partial charge in [-0.3, -0.25) is 0 Å². The third-order valence-corrected chi connectivity index (χ3v) is 6.28. The molecule has 1 aliphatic rings. The summed E-state index contributed by atoms with van der Waals surface area (Å²) in [6.07, 6.45) is 0. The van der Waals surface area contributed by atoms with E-state index in [2.05, 4.69) is 86.1 Å². The molecule has 2 rings (SSSR count). The van der Waals surface area contributed by atoms with Gasteiger partial charge in [-0.1, -0.05) is 50.0 Å². The van der Waals surface area contributed by atoms with Gasteiger partial charge in [0.2, 0.25) is 0 Å². The maximum Gasteiger partial charge on any atom is 0.0461 e. The molecular weight excluding hydrogens is 298 g/mol. The molecule has 1 aliphatic heterocycles. The molecule has 130 valence electrons. The fourth-order valence-electron chi connectivity index (χ4n) is 3.80. The monoisotopic (exact) mass is 333 g/mol. The van der Waals surface area contributed by atoms with Gasteiger partial charge < -0.3 is 15.1 Å². The SMILES string of the molecule is CN1CCN(C)CC(C)(NC(C[Si](C)(C)C)c2ccccc2)C1. The van der Waals surface area contributed by atoms with Crippen LogP contribution >= 0.6 is 0 Å². The molecule has 4 heteroatoms. The van der Waals surface area contributed by atoms with Gasteiger partial charge in [0.1, 0.15) is 0 Å². The van der Waals surface area contributed by atoms with Crippen LogP contribution in [0, 0.1) is 0 Å². The second-order valence-corrected chi connectivity index (χ2v) is 14.4. The summed E-state index contributed by atoms with van der Waals surface area (Å²) < 4.78 is 0. The third-order valence-electron chi connectivity index (χ3n) is 4.64. The number of nitrogens with one attached hydrogen (secondary N) is 1. The Labute approximate surface area is 144 Å². The highest BCUT2D eigenvalue weighted by Crippen LogP contribution is 2.27. The summed E-state index contributed by atoms with van der Waals surface area (Å²) in [5.41, 5.74) is 1.56. The van der Waals surface area contributed by atoms with Gasteiger partial charge in [-0.15, -0.1) is 0 Å². The van der Waals surface area contributed by atoms with E-state index in [1.54, 1.807) is 0 Å². The zero-order chi connectivity index (χ0) is 17.1. The first kappa shape index (κ1) is 18.7. The minimum Gasteiger partial charge on any atom is -0.303 e. The molecule has 1 fully saturated rings. The molecule has 23 heavy (non-hydrogen) atoms. The van der Waals surface area contributed by atoms with Crippen molar-refractivity contribution in [2.24, 2.45) is 0 Å². The van der Waals surface area contributed by atoms with E-state index in [1.165, 1.54) is 11.6 Å². The fourth-order valence-corrected chi connectivity index (χ4v) is 5.37. The Balaban J connectivity index is 2.21. The van der Waals surface area contributed by atoms with Gasteiger partial charge in [-0.25, -0.2) is 0 Å². The van der Waals surface area contributed by atoms with Gasteiger partial charge in [-0.2, -0.15) is 0 Å². The van der Waals surface area contributed by atoms with Crippen LogP contribution in [0.4, 0.5) is 0 Å². The first-order chi connectivity index (χ1) is 10.7. The van der Waals surface area contributed by atoms with Gasteiger partial charge in [0.05, 0.1) is 0 Å². The molecule has 0 amide bonds. The Bertz CT molecular complexity index is 471. The number of hydrogen-bond acceptors (Lipinski definition) is 3. The molecule has 1 aromatic carbocycles. The van der Waals surface area contributed by atoms with Gasteiger partial charge >= 0.3 is 0 Å². The zero-order valence-electron chi connectivity index (χ0n) is 15.9. The number of hydrogen-bond donors (Lipinski definition) is 1. The van der Waals surface area contributed by atoms with Crippen LogP contribution in [0.25, 0.3) is 0 Å². The highest BCUT2D eigenvalue weighted by atomic mass is 28.3. The van der Waals surface area contributed by atoms with E-state index in [0.29, 0.717) is 6.04 Å². The number of likely N-dealkylation sites (N-methyl/N-ethyl adjacent to an activating group) is 2. The summed E-state index contributed by atoms with van der Waals surface area (Å²) in [6, 6.07) is 12.7. The van der Waals surface area contributed by atoms with Gasteiger partial charge in [0.25, 0.3) is 0 Å². The minimum atomic E-state index is -1.16. The Kier molecular flexibility index (Phi) is 6.06. The van der Waals surface area contributed by atoms with Crippen LogP contribution in [0.2, 0.25) is 25.7 Å². The summed E-state index contributed by atoms with van der Waals surface area (Å²) in [4.78, 5) is 4.93. The van der Waals surface area contributed by atoms with E-state index in [4.69, 9.17) is 0 Å². The van der Waals surface area contributed by atoms with Crippen molar-refractivity contribution >= 4 is 8.07 Å². The molecule has 0 bridgehead atoms. The highest BCUT2D eigenvalue weighted by molar-refractivity contribution is 6.76. The van der Waals surface area contributed by atoms with Crippen molar-refractivity contribution in [1.29, 1.82) is 0 Å². The lowest BCUT2D eigenvalue weighted by Gasteiger charge is -2.39. The van der Waals surface area contributed by atoms with Crippen molar-refractivity contribution in [3.8, 4) is 0 Å². The van der Waals surface area contributed by atoms with Gasteiger partial charge in [-0.05, 0) is 32.6 Å². The molecule has 1 unspecified atom stereocenters. The molecule has 1 saturated heterocycles. The van der Waals surface area contributed by atoms with Crippen molar-refractivity contribution in [2.45, 2.75) is 44.2 Å². The van der Waals surface area contributed by atoms with Crippen LogP contribution in [0.1, 0.15) is 18.5 Å². The van der Waals surface area contributed by atoms with Crippen LogP contribution in [0.3, 0.4) is 0 Å². The van der Waals surface area contributed by atoms with Gasteiger partial charge in [0, 0.05) is 45.8 Å². The molecule has 0 radical (unpaired) electrons. The first-order valence-corrected chi connectivity index (χ1v) is 12.6. The molecule has 1 N–H and O–H groups in total. The Morgan fingerprint density at radius 2 is 1.57 bits per heavy atom. The van der Waals surface area contributed by atoms with E-state index in [-0.39, 0.29) is 5.54 Å². The van der Waals surface area contributed by atoms with Crippen LogP contribution in [0.5, 0.6) is 0 Å². The predicted octanol–water partition coefficient (Wildman–Crippen LogP) is 3.29. The Morgan fingerprint density at radius 3 is 2.04 bits per heavy atom. The quantitative estimate of drug-likeness (QED) is 0.834. The summed E-state index contributed by atoms with van der Waals surface area (Å²) in [7, 11) is 3.33. The summed E-state index contributed by atoms with van der Waals surface area (Å²) in [5, 5.41) is 4.06. The van der Waals surface area contributed by atoms with E-state index >= 15 is 0 Å². The lowest BCUT2D eigenvalue weighted by molar-refractivity contribution is 0.210. The highest BCUT2D eigenvalue weighted by Gasteiger charge is 2.34. The van der Waals surface area contributed by atoms with E-state index in [0.717, 1.165) is 26.2 Å². The second-order valence-electron chi connectivity index (χ2n) is 8.91. The smallest absolute Gasteiger partial charge is 0.0461 e. The van der Waals surface area contributed by atoms with Crippen LogP contribution in [-0.2, 0) is 0 Å². The van der Waals surface area contributed by atoms with Crippen molar-refractivity contribution in [1.82, 2.24) is 15.1 Å². The van der Waals surface area contributed by atoms with E-state index in [9.17, 15) is 0 Å². The summed E-state index contributed by atoms with van der Waals surface area (Å²) in [6.45, 7) is 14.3.